The molecule has 0 saturated heterocycles. The van der Waals surface area contributed by atoms with Gasteiger partial charge in [-0.25, -0.2) is 34.9 Å². The molecule has 1 unspecified atom stereocenters. The van der Waals surface area contributed by atoms with E-state index in [0.717, 1.165) is 0 Å². The number of hydrogen-bond donors (Lipinski definition) is 2. The summed E-state index contributed by atoms with van der Waals surface area (Å²) in [7, 11) is -2.74. The minimum Gasteiger partial charge on any atom is -0.382 e. The van der Waals surface area contributed by atoms with Crippen LogP contribution in [0.25, 0.3) is 11.2 Å². The van der Waals surface area contributed by atoms with Crippen LogP contribution in [0.4, 0.5) is 11.5 Å². The van der Waals surface area contributed by atoms with Gasteiger partial charge in [-0.15, -0.1) is 0 Å². The summed E-state index contributed by atoms with van der Waals surface area (Å²) in [6.45, 7) is 3.83. The first-order valence-electron chi connectivity index (χ1n) is 12.0. The van der Waals surface area contributed by atoms with Crippen molar-refractivity contribution in [3.05, 3.63) is 55.1 Å². The van der Waals surface area contributed by atoms with Crippen LogP contribution in [0.15, 0.2) is 55.1 Å². The topological polar surface area (TPSA) is 161 Å². The SMILES string of the molecule is CC[C@H](C)[C@@H](C(=O)OP(N)(=O)OC[C@H]1C=C[C@@H](n2cnc3c(N)ncnc32)C1)N(OC)c1ccccc1. The van der Waals surface area contributed by atoms with Crippen LogP contribution >= 0.6 is 7.75 Å². The summed E-state index contributed by atoms with van der Waals surface area (Å²) in [5.41, 5.74) is 13.5. The second-order valence-corrected chi connectivity index (χ2v) is 10.5. The van der Waals surface area contributed by atoms with Gasteiger partial charge in [-0.05, 0) is 24.5 Å². The molecular weight excluding hydrogens is 497 g/mol. The molecule has 0 fully saturated rings. The standard InChI is InChI=1S/C24H32N7O5P/c1-4-16(2)21(31(34-3)18-8-6-5-7-9-18)24(32)36-37(26,33)35-13-17-10-11-19(12-17)30-15-29-20-22(25)27-14-28-23(20)30/h5-11,14-17,19,21H,4,12-13H2,1-3H3,(H2,26,33)(H2,25,27,28)/t16-,17-,19+,21-,37?/m0/s1. The van der Waals surface area contributed by atoms with Crippen molar-refractivity contribution < 1.29 is 23.2 Å². The maximum Gasteiger partial charge on any atom is 0.458 e. The van der Waals surface area contributed by atoms with Gasteiger partial charge >= 0.3 is 13.7 Å². The molecule has 13 heteroatoms. The number of fused-ring (bicyclic) bond motifs is 1. The van der Waals surface area contributed by atoms with Crippen LogP contribution in [0.1, 0.15) is 32.7 Å². The van der Waals surface area contributed by atoms with Gasteiger partial charge in [0.2, 0.25) is 0 Å². The van der Waals surface area contributed by atoms with Gasteiger partial charge in [0.1, 0.15) is 11.8 Å². The molecule has 12 nitrogen and oxygen atoms in total. The van der Waals surface area contributed by atoms with Gasteiger partial charge in [0, 0.05) is 5.92 Å². The summed E-state index contributed by atoms with van der Waals surface area (Å²) in [6.07, 6.45) is 8.25. The number of carbonyl (C=O) groups is 1. The summed E-state index contributed by atoms with van der Waals surface area (Å²) >= 11 is 0. The Hall–Kier alpha value is -3.31. The Labute approximate surface area is 215 Å². The van der Waals surface area contributed by atoms with E-state index in [1.54, 1.807) is 18.5 Å². The Balaban J connectivity index is 1.38. The van der Waals surface area contributed by atoms with Crippen LogP contribution in [0.2, 0.25) is 0 Å². The van der Waals surface area contributed by atoms with Crippen LogP contribution in [0, 0.1) is 11.8 Å². The first-order chi connectivity index (χ1) is 17.7. The smallest absolute Gasteiger partial charge is 0.382 e. The Morgan fingerprint density at radius 2 is 2.00 bits per heavy atom. The van der Waals surface area contributed by atoms with Crippen molar-refractivity contribution in [1.82, 2.24) is 19.5 Å². The molecule has 5 atom stereocenters. The fraction of sp³-hybridized carbons (Fsp3) is 0.417. The number of imidazole rings is 1. The zero-order valence-corrected chi connectivity index (χ0v) is 21.9. The second-order valence-electron chi connectivity index (χ2n) is 8.95. The summed E-state index contributed by atoms with van der Waals surface area (Å²) in [5.74, 6) is -0.768. The van der Waals surface area contributed by atoms with E-state index < -0.39 is 19.8 Å². The number of allylic oxidation sites excluding steroid dienone is 1. The molecule has 0 saturated carbocycles. The van der Waals surface area contributed by atoms with Crippen LogP contribution in [-0.4, -0.2) is 45.2 Å². The van der Waals surface area contributed by atoms with Gasteiger partial charge in [0.25, 0.3) is 0 Å². The largest absolute Gasteiger partial charge is 0.458 e. The number of nitrogens with zero attached hydrogens (tertiary/aromatic N) is 5. The summed E-state index contributed by atoms with van der Waals surface area (Å²) in [6, 6.07) is 8.19. The van der Waals surface area contributed by atoms with E-state index in [2.05, 4.69) is 15.0 Å². The van der Waals surface area contributed by atoms with E-state index in [0.29, 0.717) is 35.5 Å². The quantitative estimate of drug-likeness (QED) is 0.212. The Kier molecular flexibility index (Phi) is 8.23. The summed E-state index contributed by atoms with van der Waals surface area (Å²) in [5, 5.41) is 1.44. The maximum atomic E-state index is 13.2. The molecule has 198 valence electrons. The van der Waals surface area contributed by atoms with E-state index in [4.69, 9.17) is 25.1 Å². The first kappa shape index (κ1) is 26.7. The number of hydrogen-bond acceptors (Lipinski definition) is 10. The van der Waals surface area contributed by atoms with E-state index >= 15 is 0 Å². The molecule has 0 aliphatic heterocycles. The Morgan fingerprint density at radius 3 is 2.70 bits per heavy atom. The zero-order valence-electron chi connectivity index (χ0n) is 21.0. The van der Waals surface area contributed by atoms with Crippen molar-refractivity contribution >= 4 is 36.4 Å². The lowest BCUT2D eigenvalue weighted by atomic mass is 9.98. The fourth-order valence-corrected chi connectivity index (χ4v) is 5.15. The maximum absolute atomic E-state index is 13.2. The third-order valence-corrected chi connectivity index (χ3v) is 7.41. The lowest BCUT2D eigenvalue weighted by Crippen LogP contribution is -2.46. The van der Waals surface area contributed by atoms with Crippen molar-refractivity contribution in [2.75, 3.05) is 24.5 Å². The van der Waals surface area contributed by atoms with E-state index in [-0.39, 0.29) is 24.5 Å². The van der Waals surface area contributed by atoms with Crippen LogP contribution < -0.4 is 16.3 Å². The number of hydroxylamine groups is 1. The molecule has 0 spiro atoms. The molecule has 37 heavy (non-hydrogen) atoms. The molecule has 1 aromatic carbocycles. The van der Waals surface area contributed by atoms with Crippen molar-refractivity contribution in [2.24, 2.45) is 17.3 Å². The van der Waals surface area contributed by atoms with Gasteiger partial charge in [0.15, 0.2) is 17.5 Å². The summed E-state index contributed by atoms with van der Waals surface area (Å²) < 4.78 is 25.5. The average Bonchev–Trinajstić information content (AvgIpc) is 3.53. The van der Waals surface area contributed by atoms with Crippen molar-refractivity contribution in [1.29, 1.82) is 0 Å². The molecule has 2 heterocycles. The highest BCUT2D eigenvalue weighted by atomic mass is 31.2. The van der Waals surface area contributed by atoms with Gasteiger partial charge in [-0.2, -0.15) is 0 Å². The predicted molar refractivity (Wildman–Crippen MR) is 139 cm³/mol. The van der Waals surface area contributed by atoms with Gasteiger partial charge in [-0.3, -0.25) is 9.36 Å². The van der Waals surface area contributed by atoms with Crippen LogP contribution in [0.5, 0.6) is 0 Å². The number of carbonyl (C=O) groups excluding carboxylic acids is 1. The predicted octanol–water partition coefficient (Wildman–Crippen LogP) is 3.64. The first-order valence-corrected chi connectivity index (χ1v) is 13.6. The third-order valence-electron chi connectivity index (χ3n) is 6.46. The number of nitrogen functional groups attached to an aromatic ring is 1. The van der Waals surface area contributed by atoms with E-state index in [1.807, 2.05) is 48.8 Å². The van der Waals surface area contributed by atoms with Crippen LogP contribution in [0.3, 0.4) is 0 Å². The normalized spacial score (nSPS) is 20.4. The minimum absolute atomic E-state index is 0.0124. The lowest BCUT2D eigenvalue weighted by Gasteiger charge is -2.33. The molecule has 0 bridgehead atoms. The molecule has 0 radical (unpaired) electrons. The molecule has 0 amide bonds. The lowest BCUT2D eigenvalue weighted by molar-refractivity contribution is -0.140. The Bertz CT molecular complexity index is 1300. The second kappa shape index (κ2) is 11.4. The zero-order chi connectivity index (χ0) is 26.6. The monoisotopic (exact) mass is 529 g/mol. The average molecular weight is 530 g/mol. The molecule has 3 aromatic rings. The van der Waals surface area contributed by atoms with Gasteiger partial charge in [-0.1, -0.05) is 50.6 Å². The molecule has 2 aromatic heterocycles. The molecule has 1 aliphatic carbocycles. The fourth-order valence-electron chi connectivity index (χ4n) is 4.34. The van der Waals surface area contributed by atoms with Crippen molar-refractivity contribution in [3.63, 3.8) is 0 Å². The highest BCUT2D eigenvalue weighted by Gasteiger charge is 2.37. The molecule has 1 aliphatic rings. The molecular formula is C24H32N7O5P. The number of nitrogens with two attached hydrogens (primary N) is 2. The molecule has 4 N–H and O–H groups in total. The van der Waals surface area contributed by atoms with E-state index in [9.17, 15) is 9.36 Å². The molecule has 4 rings (SSSR count). The third kappa shape index (κ3) is 5.99. The van der Waals surface area contributed by atoms with Crippen molar-refractivity contribution in [3.8, 4) is 0 Å². The van der Waals surface area contributed by atoms with Gasteiger partial charge < -0.3 is 14.8 Å². The summed E-state index contributed by atoms with van der Waals surface area (Å²) in [4.78, 5) is 31.2. The number of para-hydroxylation sites is 1. The van der Waals surface area contributed by atoms with E-state index in [1.165, 1.54) is 18.5 Å². The highest BCUT2D eigenvalue weighted by Crippen LogP contribution is 2.42. The number of benzene rings is 1. The number of rotatable bonds is 11. The van der Waals surface area contributed by atoms with Crippen LogP contribution in [-0.2, 0) is 23.2 Å². The number of anilines is 2. The number of aromatic nitrogens is 4. The van der Waals surface area contributed by atoms with Gasteiger partial charge in [0.05, 0.1) is 31.8 Å². The van der Waals surface area contributed by atoms with Crippen molar-refractivity contribution in [2.45, 2.75) is 38.8 Å². The minimum atomic E-state index is -4.19. The Morgan fingerprint density at radius 1 is 1.24 bits per heavy atom. The highest BCUT2D eigenvalue weighted by molar-refractivity contribution is 7.51.